The molecular weight excluding hydrogens is 268 g/mol. The molecule has 1 aromatic carbocycles. The molecule has 1 amide bonds. The van der Waals surface area contributed by atoms with Crippen molar-refractivity contribution in [3.05, 3.63) is 22.7 Å². The third-order valence-electron chi connectivity index (χ3n) is 3.09. The SMILES string of the molecule is CCN(CCCO)c1cc2c(cc1Cl)C(=O)C(=O)N2. The maximum Gasteiger partial charge on any atom is 0.296 e. The lowest BCUT2D eigenvalue weighted by atomic mass is 10.1. The molecule has 1 aromatic rings. The van der Waals surface area contributed by atoms with Crippen molar-refractivity contribution in [1.29, 1.82) is 0 Å². The van der Waals surface area contributed by atoms with Gasteiger partial charge < -0.3 is 15.3 Å². The summed E-state index contributed by atoms with van der Waals surface area (Å²) < 4.78 is 0. The maximum absolute atomic E-state index is 11.6. The summed E-state index contributed by atoms with van der Waals surface area (Å²) in [5, 5.41) is 11.9. The third-order valence-corrected chi connectivity index (χ3v) is 3.40. The fourth-order valence-electron chi connectivity index (χ4n) is 2.11. The number of carbonyl (C=O) groups excluding carboxylic acids is 2. The van der Waals surface area contributed by atoms with Crippen molar-refractivity contribution >= 4 is 34.7 Å². The lowest BCUT2D eigenvalue weighted by molar-refractivity contribution is -0.112. The number of rotatable bonds is 5. The minimum atomic E-state index is -0.623. The normalized spacial score (nSPS) is 13.4. The second-order valence-corrected chi connectivity index (χ2v) is 4.70. The van der Waals surface area contributed by atoms with Crippen molar-refractivity contribution < 1.29 is 14.7 Å². The van der Waals surface area contributed by atoms with Crippen molar-refractivity contribution in [2.45, 2.75) is 13.3 Å². The van der Waals surface area contributed by atoms with Crippen LogP contribution in [0.2, 0.25) is 5.02 Å². The number of benzene rings is 1. The Bertz CT molecular complexity index is 531. The van der Waals surface area contributed by atoms with E-state index in [4.69, 9.17) is 16.7 Å². The molecule has 2 rings (SSSR count). The zero-order chi connectivity index (χ0) is 14.0. The second kappa shape index (κ2) is 5.59. The van der Waals surface area contributed by atoms with E-state index in [9.17, 15) is 9.59 Å². The van der Waals surface area contributed by atoms with Gasteiger partial charge in [0.1, 0.15) is 0 Å². The van der Waals surface area contributed by atoms with E-state index in [1.165, 1.54) is 6.07 Å². The Labute approximate surface area is 116 Å². The molecule has 0 fully saturated rings. The third kappa shape index (κ3) is 2.57. The first-order valence-corrected chi connectivity index (χ1v) is 6.51. The van der Waals surface area contributed by atoms with E-state index >= 15 is 0 Å². The van der Waals surface area contributed by atoms with Crippen LogP contribution in [0.5, 0.6) is 0 Å². The molecule has 19 heavy (non-hydrogen) atoms. The predicted octanol–water partition coefficient (Wildman–Crippen LogP) is 1.68. The van der Waals surface area contributed by atoms with Gasteiger partial charge in [0.05, 0.1) is 22.0 Å². The molecule has 0 bridgehead atoms. The molecule has 5 nitrogen and oxygen atoms in total. The summed E-state index contributed by atoms with van der Waals surface area (Å²) in [5.74, 6) is -1.18. The number of aliphatic hydroxyl groups excluding tert-OH is 1. The number of nitrogens with one attached hydrogen (secondary N) is 1. The summed E-state index contributed by atoms with van der Waals surface area (Å²) >= 11 is 6.18. The number of amides is 1. The molecule has 0 aromatic heterocycles. The Kier molecular flexibility index (Phi) is 4.07. The van der Waals surface area contributed by atoms with Gasteiger partial charge in [-0.3, -0.25) is 9.59 Å². The number of fused-ring (bicyclic) bond motifs is 1. The van der Waals surface area contributed by atoms with Crippen LogP contribution >= 0.6 is 11.6 Å². The average molecular weight is 283 g/mol. The van der Waals surface area contributed by atoms with Gasteiger partial charge in [-0.05, 0) is 25.5 Å². The van der Waals surface area contributed by atoms with Gasteiger partial charge >= 0.3 is 0 Å². The monoisotopic (exact) mass is 282 g/mol. The number of hydrogen-bond acceptors (Lipinski definition) is 4. The first-order chi connectivity index (χ1) is 9.08. The summed E-state index contributed by atoms with van der Waals surface area (Å²) in [6.07, 6.45) is 0.631. The fraction of sp³-hybridized carbons (Fsp3) is 0.385. The molecule has 0 radical (unpaired) electrons. The first-order valence-electron chi connectivity index (χ1n) is 6.13. The van der Waals surface area contributed by atoms with E-state index < -0.39 is 11.7 Å². The summed E-state index contributed by atoms with van der Waals surface area (Å²) in [7, 11) is 0. The average Bonchev–Trinajstić information content (AvgIpc) is 2.66. The Hall–Kier alpha value is -1.59. The zero-order valence-corrected chi connectivity index (χ0v) is 11.3. The van der Waals surface area contributed by atoms with Gasteiger partial charge in [0.15, 0.2) is 0 Å². The van der Waals surface area contributed by atoms with Gasteiger partial charge in [-0.15, -0.1) is 0 Å². The molecule has 0 saturated carbocycles. The highest BCUT2D eigenvalue weighted by Gasteiger charge is 2.29. The topological polar surface area (TPSA) is 69.6 Å². The number of aliphatic hydroxyl groups is 1. The molecule has 0 spiro atoms. The largest absolute Gasteiger partial charge is 0.396 e. The van der Waals surface area contributed by atoms with E-state index in [-0.39, 0.29) is 6.61 Å². The van der Waals surface area contributed by atoms with Gasteiger partial charge in [-0.1, -0.05) is 11.6 Å². The van der Waals surface area contributed by atoms with Gasteiger partial charge in [-0.25, -0.2) is 0 Å². The van der Waals surface area contributed by atoms with Gasteiger partial charge in [-0.2, -0.15) is 0 Å². The van der Waals surface area contributed by atoms with Crippen LogP contribution < -0.4 is 10.2 Å². The molecule has 1 heterocycles. The number of anilines is 2. The van der Waals surface area contributed by atoms with E-state index in [1.807, 2.05) is 11.8 Å². The highest BCUT2D eigenvalue weighted by atomic mass is 35.5. The number of ketones is 1. The van der Waals surface area contributed by atoms with Gasteiger partial charge in [0.25, 0.3) is 11.7 Å². The summed E-state index contributed by atoms with van der Waals surface area (Å²) in [6.45, 7) is 3.47. The number of Topliss-reactive ketones (excluding diaryl/α,β-unsaturated/α-hetero) is 1. The quantitative estimate of drug-likeness (QED) is 0.806. The Balaban J connectivity index is 2.35. The lowest BCUT2D eigenvalue weighted by Crippen LogP contribution is -2.25. The minimum Gasteiger partial charge on any atom is -0.396 e. The summed E-state index contributed by atoms with van der Waals surface area (Å²) in [4.78, 5) is 24.9. The number of hydrogen-bond donors (Lipinski definition) is 2. The van der Waals surface area contributed by atoms with Crippen LogP contribution in [0.15, 0.2) is 12.1 Å². The summed E-state index contributed by atoms with van der Waals surface area (Å²) in [6, 6.07) is 3.23. The molecule has 6 heteroatoms. The van der Waals surface area contributed by atoms with Crippen LogP contribution in [0, 0.1) is 0 Å². The molecule has 1 aliphatic rings. The zero-order valence-electron chi connectivity index (χ0n) is 10.6. The van der Waals surface area contributed by atoms with E-state index in [0.717, 1.165) is 12.2 Å². The Morgan fingerprint density at radius 1 is 1.37 bits per heavy atom. The van der Waals surface area contributed by atoms with Crippen LogP contribution in [-0.2, 0) is 4.79 Å². The number of carbonyl (C=O) groups is 2. The first kappa shape index (κ1) is 13.8. The van der Waals surface area contributed by atoms with Crippen LogP contribution in [0.25, 0.3) is 0 Å². The van der Waals surface area contributed by atoms with E-state index in [1.54, 1.807) is 6.07 Å². The molecule has 0 aliphatic carbocycles. The smallest absolute Gasteiger partial charge is 0.296 e. The highest BCUT2D eigenvalue weighted by Crippen LogP contribution is 2.35. The number of halogens is 1. The van der Waals surface area contributed by atoms with E-state index in [0.29, 0.717) is 29.2 Å². The van der Waals surface area contributed by atoms with Gasteiger partial charge in [0.2, 0.25) is 0 Å². The highest BCUT2D eigenvalue weighted by molar-refractivity contribution is 6.52. The van der Waals surface area contributed by atoms with Gasteiger partial charge in [0, 0.05) is 19.7 Å². The Morgan fingerprint density at radius 3 is 2.74 bits per heavy atom. The molecule has 2 N–H and O–H groups in total. The summed E-state index contributed by atoms with van der Waals surface area (Å²) in [5.41, 5.74) is 1.57. The molecule has 1 aliphatic heterocycles. The van der Waals surface area contributed by atoms with Crippen LogP contribution in [0.3, 0.4) is 0 Å². The van der Waals surface area contributed by atoms with Crippen LogP contribution in [-0.4, -0.2) is 36.5 Å². The molecular formula is C13H15ClN2O3. The van der Waals surface area contributed by atoms with Crippen molar-refractivity contribution in [1.82, 2.24) is 0 Å². The van der Waals surface area contributed by atoms with Crippen LogP contribution in [0.4, 0.5) is 11.4 Å². The fourth-order valence-corrected chi connectivity index (χ4v) is 2.39. The second-order valence-electron chi connectivity index (χ2n) is 4.29. The molecule has 102 valence electrons. The van der Waals surface area contributed by atoms with Crippen molar-refractivity contribution in [2.24, 2.45) is 0 Å². The molecule has 0 saturated heterocycles. The van der Waals surface area contributed by atoms with Crippen molar-refractivity contribution in [3.63, 3.8) is 0 Å². The molecule has 0 unspecified atom stereocenters. The lowest BCUT2D eigenvalue weighted by Gasteiger charge is -2.24. The van der Waals surface area contributed by atoms with Crippen molar-refractivity contribution in [3.8, 4) is 0 Å². The number of nitrogens with zero attached hydrogens (tertiary/aromatic N) is 1. The predicted molar refractivity (Wildman–Crippen MR) is 74.0 cm³/mol. The standard InChI is InChI=1S/C13H15ClN2O3/c1-2-16(4-3-5-17)11-7-10-8(6-9(11)14)12(18)13(19)15-10/h6-7,17H,2-5H2,1H3,(H,15,18,19). The van der Waals surface area contributed by atoms with Crippen LogP contribution in [0.1, 0.15) is 23.7 Å². The molecule has 0 atom stereocenters. The van der Waals surface area contributed by atoms with Crippen molar-refractivity contribution in [2.75, 3.05) is 29.9 Å². The minimum absolute atomic E-state index is 0.105. The maximum atomic E-state index is 11.6. The van der Waals surface area contributed by atoms with E-state index in [2.05, 4.69) is 5.32 Å². The Morgan fingerprint density at radius 2 is 2.11 bits per heavy atom.